The van der Waals surface area contributed by atoms with Crippen LogP contribution in [0.2, 0.25) is 0 Å². The molecule has 1 fully saturated rings. The molecule has 2 heterocycles. The molecule has 0 N–H and O–H groups in total. The largest absolute Gasteiger partial charge is 0.472 e. The Hall–Kier alpha value is -0.760. The van der Waals surface area contributed by atoms with E-state index in [1.807, 2.05) is 6.07 Å². The van der Waals surface area contributed by atoms with Crippen molar-refractivity contribution in [3.63, 3.8) is 0 Å². The Bertz CT molecular complexity index is 228. The molecule has 0 saturated carbocycles. The fourth-order valence-electron chi connectivity index (χ4n) is 1.66. The third-order valence-corrected chi connectivity index (χ3v) is 2.56. The fraction of sp³-hybridized carbons (Fsp3) is 0.600. The second-order valence-electron chi connectivity index (χ2n) is 3.51. The van der Waals surface area contributed by atoms with Gasteiger partial charge in [-0.2, -0.15) is 0 Å². The van der Waals surface area contributed by atoms with E-state index < -0.39 is 0 Å². The van der Waals surface area contributed by atoms with Crippen molar-refractivity contribution in [1.82, 2.24) is 0 Å². The summed E-state index contributed by atoms with van der Waals surface area (Å²) < 4.78 is 10.6. The molecule has 0 spiro atoms. The Morgan fingerprint density at radius 2 is 2.50 bits per heavy atom. The number of furan rings is 1. The summed E-state index contributed by atoms with van der Waals surface area (Å²) in [4.78, 5) is 0. The molecule has 1 aromatic rings. The molecule has 66 valence electrons. The molecule has 1 aliphatic rings. The summed E-state index contributed by atoms with van der Waals surface area (Å²) in [5.74, 6) is 0.694. The van der Waals surface area contributed by atoms with Gasteiger partial charge in [-0.3, -0.25) is 0 Å². The molecule has 0 amide bonds. The first-order chi connectivity index (χ1) is 5.86. The van der Waals surface area contributed by atoms with Gasteiger partial charge >= 0.3 is 0 Å². The fourth-order valence-corrected chi connectivity index (χ4v) is 1.66. The zero-order chi connectivity index (χ0) is 8.39. The van der Waals surface area contributed by atoms with Crippen LogP contribution in [-0.2, 0) is 11.2 Å². The van der Waals surface area contributed by atoms with Crippen LogP contribution in [0.15, 0.2) is 23.0 Å². The highest BCUT2D eigenvalue weighted by molar-refractivity contribution is 5.07. The summed E-state index contributed by atoms with van der Waals surface area (Å²) in [5.41, 5.74) is 1.24. The van der Waals surface area contributed by atoms with Gasteiger partial charge in [-0.25, -0.2) is 0 Å². The van der Waals surface area contributed by atoms with Gasteiger partial charge in [0.05, 0.1) is 18.6 Å². The molecule has 2 atom stereocenters. The molecule has 0 aromatic carbocycles. The third-order valence-electron chi connectivity index (χ3n) is 2.56. The highest BCUT2D eigenvalue weighted by Gasteiger charge is 2.24. The molecule has 0 bridgehead atoms. The van der Waals surface area contributed by atoms with Crippen LogP contribution in [0.4, 0.5) is 0 Å². The summed E-state index contributed by atoms with van der Waals surface area (Å²) in [6, 6.07) is 2.01. The van der Waals surface area contributed by atoms with Crippen molar-refractivity contribution in [2.75, 3.05) is 6.61 Å². The van der Waals surface area contributed by atoms with Gasteiger partial charge in [0, 0.05) is 13.0 Å². The Labute approximate surface area is 72.5 Å². The van der Waals surface area contributed by atoms with Gasteiger partial charge in [-0.15, -0.1) is 0 Å². The van der Waals surface area contributed by atoms with Crippen LogP contribution >= 0.6 is 0 Å². The average Bonchev–Trinajstić information content (AvgIpc) is 2.65. The molecule has 1 aliphatic heterocycles. The smallest absolute Gasteiger partial charge is 0.0935 e. The summed E-state index contributed by atoms with van der Waals surface area (Å²) >= 11 is 0. The molecule has 1 saturated heterocycles. The highest BCUT2D eigenvalue weighted by Crippen LogP contribution is 2.23. The first-order valence-electron chi connectivity index (χ1n) is 4.49. The third kappa shape index (κ3) is 1.53. The molecule has 1 aromatic heterocycles. The van der Waals surface area contributed by atoms with Crippen LogP contribution in [0, 0.1) is 5.92 Å². The maximum Gasteiger partial charge on any atom is 0.0935 e. The van der Waals surface area contributed by atoms with E-state index in [2.05, 4.69) is 6.92 Å². The Balaban J connectivity index is 1.95. The van der Waals surface area contributed by atoms with E-state index in [4.69, 9.17) is 9.15 Å². The average molecular weight is 166 g/mol. The van der Waals surface area contributed by atoms with Gasteiger partial charge in [-0.1, -0.05) is 6.92 Å². The zero-order valence-electron chi connectivity index (χ0n) is 7.32. The minimum Gasteiger partial charge on any atom is -0.472 e. The van der Waals surface area contributed by atoms with Crippen LogP contribution in [0.1, 0.15) is 18.9 Å². The van der Waals surface area contributed by atoms with E-state index in [1.165, 1.54) is 12.0 Å². The summed E-state index contributed by atoms with van der Waals surface area (Å²) in [7, 11) is 0. The van der Waals surface area contributed by atoms with Gasteiger partial charge in [0.2, 0.25) is 0 Å². The van der Waals surface area contributed by atoms with Gasteiger partial charge < -0.3 is 9.15 Å². The molecule has 12 heavy (non-hydrogen) atoms. The van der Waals surface area contributed by atoms with E-state index in [9.17, 15) is 0 Å². The second kappa shape index (κ2) is 3.31. The Kier molecular flexibility index (Phi) is 2.17. The molecule has 0 aliphatic carbocycles. The highest BCUT2D eigenvalue weighted by atomic mass is 16.5. The topological polar surface area (TPSA) is 22.4 Å². The van der Waals surface area contributed by atoms with Crippen molar-refractivity contribution in [2.24, 2.45) is 5.92 Å². The predicted molar refractivity (Wildman–Crippen MR) is 45.9 cm³/mol. The lowest BCUT2D eigenvalue weighted by atomic mass is 9.99. The lowest BCUT2D eigenvalue weighted by molar-refractivity contribution is 0.0943. The molecule has 2 rings (SSSR count). The lowest BCUT2D eigenvalue weighted by Gasteiger charge is -2.12. The zero-order valence-corrected chi connectivity index (χ0v) is 7.32. The van der Waals surface area contributed by atoms with Crippen molar-refractivity contribution >= 4 is 0 Å². The normalized spacial score (nSPS) is 29.4. The minimum atomic E-state index is 0.405. The van der Waals surface area contributed by atoms with Crippen LogP contribution in [0.5, 0.6) is 0 Å². The minimum absolute atomic E-state index is 0.405. The van der Waals surface area contributed by atoms with E-state index in [0.29, 0.717) is 12.0 Å². The summed E-state index contributed by atoms with van der Waals surface area (Å²) in [6.07, 6.45) is 6.12. The van der Waals surface area contributed by atoms with Crippen LogP contribution in [0.25, 0.3) is 0 Å². The van der Waals surface area contributed by atoms with E-state index in [-0.39, 0.29) is 0 Å². The molecule has 2 nitrogen and oxygen atoms in total. The van der Waals surface area contributed by atoms with Crippen molar-refractivity contribution < 1.29 is 9.15 Å². The van der Waals surface area contributed by atoms with Gasteiger partial charge in [0.15, 0.2) is 0 Å². The van der Waals surface area contributed by atoms with Crippen molar-refractivity contribution in [2.45, 2.75) is 25.9 Å². The Morgan fingerprint density at radius 3 is 3.08 bits per heavy atom. The first-order valence-corrected chi connectivity index (χ1v) is 4.49. The molecular formula is C10H14O2. The first kappa shape index (κ1) is 7.87. The number of ether oxygens (including phenoxy) is 1. The summed E-state index contributed by atoms with van der Waals surface area (Å²) in [5, 5.41) is 0. The Morgan fingerprint density at radius 1 is 1.58 bits per heavy atom. The second-order valence-corrected chi connectivity index (χ2v) is 3.51. The van der Waals surface area contributed by atoms with Crippen LogP contribution in [0.3, 0.4) is 0 Å². The molecule has 2 heteroatoms. The maximum absolute atomic E-state index is 5.60. The van der Waals surface area contributed by atoms with Crippen molar-refractivity contribution in [3.8, 4) is 0 Å². The predicted octanol–water partition coefficient (Wildman–Crippen LogP) is 2.25. The standard InChI is InChI=1S/C10H14O2/c1-8-2-5-12-10(8)6-9-3-4-11-7-9/h3-4,7-8,10H,2,5-6H2,1H3. The van der Waals surface area contributed by atoms with E-state index in [0.717, 1.165) is 13.0 Å². The number of hydrogen-bond acceptors (Lipinski definition) is 2. The lowest BCUT2D eigenvalue weighted by Crippen LogP contribution is -2.15. The van der Waals surface area contributed by atoms with Crippen molar-refractivity contribution in [3.05, 3.63) is 24.2 Å². The quantitative estimate of drug-likeness (QED) is 0.672. The maximum atomic E-state index is 5.60. The molecule has 2 unspecified atom stereocenters. The van der Waals surface area contributed by atoms with Crippen LogP contribution < -0.4 is 0 Å². The number of hydrogen-bond donors (Lipinski definition) is 0. The van der Waals surface area contributed by atoms with Gasteiger partial charge in [0.25, 0.3) is 0 Å². The summed E-state index contributed by atoms with van der Waals surface area (Å²) in [6.45, 7) is 3.17. The monoisotopic (exact) mass is 166 g/mol. The van der Waals surface area contributed by atoms with Crippen LogP contribution in [-0.4, -0.2) is 12.7 Å². The SMILES string of the molecule is CC1CCOC1Cc1ccoc1. The van der Waals surface area contributed by atoms with E-state index >= 15 is 0 Å². The molecular weight excluding hydrogens is 152 g/mol. The van der Waals surface area contributed by atoms with Gasteiger partial charge in [0.1, 0.15) is 0 Å². The van der Waals surface area contributed by atoms with Crippen molar-refractivity contribution in [1.29, 1.82) is 0 Å². The van der Waals surface area contributed by atoms with E-state index in [1.54, 1.807) is 12.5 Å². The molecule has 0 radical (unpaired) electrons. The number of rotatable bonds is 2. The van der Waals surface area contributed by atoms with Gasteiger partial charge in [-0.05, 0) is 24.0 Å².